The Balaban J connectivity index is 2.49. The molecular formula is C20H27NO5S. The highest BCUT2D eigenvalue weighted by atomic mass is 32.2. The second-order valence-corrected chi connectivity index (χ2v) is 8.16. The molecule has 1 N–H and O–H groups in total. The van der Waals surface area contributed by atoms with E-state index in [1.807, 2.05) is 31.2 Å². The Morgan fingerprint density at radius 1 is 0.963 bits per heavy atom. The quantitative estimate of drug-likeness (QED) is 0.745. The van der Waals surface area contributed by atoms with E-state index in [1.165, 1.54) is 7.11 Å². The van der Waals surface area contributed by atoms with Crippen molar-refractivity contribution in [1.82, 2.24) is 4.72 Å². The molecule has 1 unspecified atom stereocenters. The number of rotatable bonds is 8. The molecule has 0 bridgehead atoms. The van der Waals surface area contributed by atoms with E-state index in [2.05, 4.69) is 4.72 Å². The molecule has 0 amide bonds. The standard InChI is InChI=1S/C20H27NO5S/c1-13-10-20(27(22,23)21-15(3)12-24-4)14(2)9-18(13)17-8-7-16(25-5)11-19(17)26-6/h7-11,15,21H,12H2,1-6H3. The summed E-state index contributed by atoms with van der Waals surface area (Å²) in [5.74, 6) is 1.36. The zero-order chi connectivity index (χ0) is 20.2. The summed E-state index contributed by atoms with van der Waals surface area (Å²) in [7, 11) is 1.09. The summed E-state index contributed by atoms with van der Waals surface area (Å²) < 4.78 is 43.9. The van der Waals surface area contributed by atoms with Gasteiger partial charge in [-0.05, 0) is 61.7 Å². The van der Waals surface area contributed by atoms with Crippen molar-refractivity contribution < 1.29 is 22.6 Å². The molecule has 0 saturated heterocycles. The van der Waals surface area contributed by atoms with Gasteiger partial charge in [-0.25, -0.2) is 13.1 Å². The molecule has 0 heterocycles. The van der Waals surface area contributed by atoms with Crippen molar-refractivity contribution in [2.75, 3.05) is 27.9 Å². The molecule has 0 aliphatic heterocycles. The number of methoxy groups -OCH3 is 3. The van der Waals surface area contributed by atoms with Gasteiger partial charge in [0.25, 0.3) is 0 Å². The summed E-state index contributed by atoms with van der Waals surface area (Å²) >= 11 is 0. The molecule has 2 aromatic rings. The van der Waals surface area contributed by atoms with E-state index >= 15 is 0 Å². The van der Waals surface area contributed by atoms with E-state index in [1.54, 1.807) is 34.1 Å². The predicted octanol–water partition coefficient (Wildman–Crippen LogP) is 3.30. The number of hydrogen-bond donors (Lipinski definition) is 1. The molecular weight excluding hydrogens is 366 g/mol. The van der Waals surface area contributed by atoms with Gasteiger partial charge in [0, 0.05) is 24.8 Å². The average molecular weight is 394 g/mol. The zero-order valence-electron chi connectivity index (χ0n) is 16.6. The SMILES string of the molecule is COCC(C)NS(=O)(=O)c1cc(C)c(-c2ccc(OC)cc2OC)cc1C. The lowest BCUT2D eigenvalue weighted by atomic mass is 9.97. The van der Waals surface area contributed by atoms with Crippen LogP contribution in [-0.2, 0) is 14.8 Å². The summed E-state index contributed by atoms with van der Waals surface area (Å²) in [5.41, 5.74) is 3.29. The van der Waals surface area contributed by atoms with Gasteiger partial charge in [0.2, 0.25) is 10.0 Å². The van der Waals surface area contributed by atoms with Gasteiger partial charge in [0.05, 0.1) is 25.7 Å². The van der Waals surface area contributed by atoms with Crippen LogP contribution in [0.15, 0.2) is 35.2 Å². The van der Waals surface area contributed by atoms with E-state index in [-0.39, 0.29) is 10.9 Å². The van der Waals surface area contributed by atoms with Gasteiger partial charge in [0.1, 0.15) is 11.5 Å². The van der Waals surface area contributed by atoms with Crippen molar-refractivity contribution in [2.45, 2.75) is 31.7 Å². The Morgan fingerprint density at radius 2 is 1.67 bits per heavy atom. The second kappa shape index (κ2) is 8.73. The topological polar surface area (TPSA) is 73.9 Å². The highest BCUT2D eigenvalue weighted by Crippen LogP contribution is 2.36. The Morgan fingerprint density at radius 3 is 2.26 bits per heavy atom. The van der Waals surface area contributed by atoms with Gasteiger partial charge in [0.15, 0.2) is 0 Å². The average Bonchev–Trinajstić information content (AvgIpc) is 2.62. The van der Waals surface area contributed by atoms with E-state index in [9.17, 15) is 8.42 Å². The number of benzene rings is 2. The lowest BCUT2D eigenvalue weighted by Gasteiger charge is -2.18. The van der Waals surface area contributed by atoms with Crippen LogP contribution in [0.3, 0.4) is 0 Å². The summed E-state index contributed by atoms with van der Waals surface area (Å²) in [6, 6.07) is 8.81. The lowest BCUT2D eigenvalue weighted by molar-refractivity contribution is 0.180. The van der Waals surface area contributed by atoms with Crippen molar-refractivity contribution in [3.8, 4) is 22.6 Å². The molecule has 1 atom stereocenters. The van der Waals surface area contributed by atoms with Crippen molar-refractivity contribution in [2.24, 2.45) is 0 Å². The predicted molar refractivity (Wildman–Crippen MR) is 106 cm³/mol. The van der Waals surface area contributed by atoms with Crippen LogP contribution in [0.4, 0.5) is 0 Å². The maximum atomic E-state index is 12.7. The third kappa shape index (κ3) is 4.80. The van der Waals surface area contributed by atoms with E-state index in [0.717, 1.165) is 16.7 Å². The molecule has 0 aliphatic carbocycles. The first-order valence-corrected chi connectivity index (χ1v) is 10.1. The van der Waals surface area contributed by atoms with Crippen LogP contribution in [0.5, 0.6) is 11.5 Å². The monoisotopic (exact) mass is 393 g/mol. The molecule has 0 aliphatic rings. The van der Waals surface area contributed by atoms with Gasteiger partial charge in [-0.2, -0.15) is 0 Å². The van der Waals surface area contributed by atoms with Crippen molar-refractivity contribution >= 4 is 10.0 Å². The molecule has 7 heteroatoms. The number of aryl methyl sites for hydroxylation is 2. The molecule has 148 valence electrons. The summed E-state index contributed by atoms with van der Waals surface area (Å²) in [6.45, 7) is 5.74. The Labute approximate surface area is 161 Å². The number of ether oxygens (including phenoxy) is 3. The fourth-order valence-electron chi connectivity index (χ4n) is 3.00. The van der Waals surface area contributed by atoms with Crippen LogP contribution >= 0.6 is 0 Å². The fraction of sp³-hybridized carbons (Fsp3) is 0.400. The lowest BCUT2D eigenvalue weighted by Crippen LogP contribution is -2.36. The molecule has 0 radical (unpaired) electrons. The second-order valence-electron chi connectivity index (χ2n) is 6.48. The smallest absolute Gasteiger partial charge is 0.241 e. The zero-order valence-corrected chi connectivity index (χ0v) is 17.4. The molecule has 0 aromatic heterocycles. The normalized spacial score (nSPS) is 12.7. The molecule has 27 heavy (non-hydrogen) atoms. The summed E-state index contributed by atoms with van der Waals surface area (Å²) in [4.78, 5) is 0.263. The highest BCUT2D eigenvalue weighted by Gasteiger charge is 2.22. The molecule has 2 rings (SSSR count). The van der Waals surface area contributed by atoms with Crippen molar-refractivity contribution in [1.29, 1.82) is 0 Å². The van der Waals surface area contributed by atoms with E-state index < -0.39 is 10.0 Å². The van der Waals surface area contributed by atoms with Gasteiger partial charge in [-0.1, -0.05) is 0 Å². The van der Waals surface area contributed by atoms with Crippen LogP contribution in [0.2, 0.25) is 0 Å². The Bertz CT molecular complexity index is 909. The van der Waals surface area contributed by atoms with Crippen LogP contribution in [0, 0.1) is 13.8 Å². The maximum Gasteiger partial charge on any atom is 0.241 e. The Kier molecular flexibility index (Phi) is 6.86. The van der Waals surface area contributed by atoms with E-state index in [4.69, 9.17) is 14.2 Å². The van der Waals surface area contributed by atoms with Crippen LogP contribution in [0.1, 0.15) is 18.1 Å². The molecule has 6 nitrogen and oxygen atoms in total. The minimum atomic E-state index is -3.64. The van der Waals surface area contributed by atoms with Crippen LogP contribution in [-0.4, -0.2) is 42.4 Å². The van der Waals surface area contributed by atoms with Crippen LogP contribution < -0.4 is 14.2 Å². The van der Waals surface area contributed by atoms with Gasteiger partial charge >= 0.3 is 0 Å². The first kappa shape index (κ1) is 21.2. The molecule has 0 spiro atoms. The highest BCUT2D eigenvalue weighted by molar-refractivity contribution is 7.89. The van der Waals surface area contributed by atoms with Gasteiger partial charge < -0.3 is 14.2 Å². The number of hydrogen-bond acceptors (Lipinski definition) is 5. The van der Waals surface area contributed by atoms with Gasteiger partial charge in [-0.3, -0.25) is 0 Å². The van der Waals surface area contributed by atoms with E-state index in [0.29, 0.717) is 23.7 Å². The minimum Gasteiger partial charge on any atom is -0.497 e. The van der Waals surface area contributed by atoms with Crippen LogP contribution in [0.25, 0.3) is 11.1 Å². The number of nitrogens with one attached hydrogen (secondary N) is 1. The largest absolute Gasteiger partial charge is 0.497 e. The molecule has 0 saturated carbocycles. The first-order valence-electron chi connectivity index (χ1n) is 8.58. The third-order valence-corrected chi connectivity index (χ3v) is 6.01. The number of sulfonamides is 1. The first-order chi connectivity index (χ1) is 12.7. The summed E-state index contributed by atoms with van der Waals surface area (Å²) in [5, 5.41) is 0. The fourth-order valence-corrected chi connectivity index (χ4v) is 4.54. The Hall–Kier alpha value is -2.09. The minimum absolute atomic E-state index is 0.263. The molecule has 2 aromatic carbocycles. The molecule has 0 fully saturated rings. The third-order valence-electron chi connectivity index (χ3n) is 4.28. The van der Waals surface area contributed by atoms with Crippen molar-refractivity contribution in [3.63, 3.8) is 0 Å². The summed E-state index contributed by atoms with van der Waals surface area (Å²) in [6.07, 6.45) is 0. The maximum absolute atomic E-state index is 12.7. The van der Waals surface area contributed by atoms with Gasteiger partial charge in [-0.15, -0.1) is 0 Å². The van der Waals surface area contributed by atoms with Crippen molar-refractivity contribution in [3.05, 3.63) is 41.5 Å².